The molecule has 2 rings (SSSR count). The van der Waals surface area contributed by atoms with Crippen molar-refractivity contribution in [2.75, 3.05) is 12.3 Å². The van der Waals surface area contributed by atoms with E-state index in [4.69, 9.17) is 19.5 Å². The van der Waals surface area contributed by atoms with Crippen molar-refractivity contribution >= 4 is 24.8 Å². The smallest absolute Gasteiger partial charge is 0.388 e. The van der Waals surface area contributed by atoms with Crippen LogP contribution in [0.2, 0.25) is 0 Å². The number of rotatable bonds is 20. The number of phosphoric ester groups is 1. The molecule has 0 amide bonds. The maximum Gasteiger partial charge on any atom is 0.472 e. The standard InChI is InChI=1S/C29H54N5O6P/c1-9-13-14-15-17-28(7,11-3)39-25(21(5)18-38-41(36,37)40-29(8,12-4)16-10-2)24(35)22(6)34-20-33-23-26(30)31-19-32-27(23)34/h19-22,24-25,35H,9-18H2,1-8H3,(H,36,37)(H2,30,31,32). The molecule has 0 aliphatic carbocycles. The number of anilines is 1. The number of nitrogens with two attached hydrogens (primary N) is 1. The summed E-state index contributed by atoms with van der Waals surface area (Å²) in [6.07, 6.45) is 9.22. The second kappa shape index (κ2) is 15.7. The van der Waals surface area contributed by atoms with Gasteiger partial charge in [-0.05, 0) is 46.5 Å². The molecule has 2 aromatic heterocycles. The highest BCUT2D eigenvalue weighted by Gasteiger charge is 2.40. The van der Waals surface area contributed by atoms with Crippen LogP contribution in [0.3, 0.4) is 0 Å². The molecule has 0 aromatic carbocycles. The highest BCUT2D eigenvalue weighted by atomic mass is 31.2. The van der Waals surface area contributed by atoms with Crippen LogP contribution in [0.4, 0.5) is 5.82 Å². The molecule has 41 heavy (non-hydrogen) atoms. The first-order valence-corrected chi connectivity index (χ1v) is 16.7. The van der Waals surface area contributed by atoms with E-state index in [1.165, 1.54) is 6.33 Å². The summed E-state index contributed by atoms with van der Waals surface area (Å²) in [6.45, 7) is 15.6. The van der Waals surface area contributed by atoms with Crippen LogP contribution in [0.25, 0.3) is 11.2 Å². The fraction of sp³-hybridized carbons (Fsp3) is 0.828. The molecule has 0 spiro atoms. The molecule has 7 unspecified atom stereocenters. The van der Waals surface area contributed by atoms with E-state index in [0.29, 0.717) is 24.0 Å². The molecule has 0 saturated carbocycles. The first-order chi connectivity index (χ1) is 19.2. The summed E-state index contributed by atoms with van der Waals surface area (Å²) in [5.41, 5.74) is 5.68. The van der Waals surface area contributed by atoms with E-state index in [2.05, 4.69) is 35.7 Å². The summed E-state index contributed by atoms with van der Waals surface area (Å²) in [6, 6.07) is -0.506. The predicted octanol–water partition coefficient (Wildman–Crippen LogP) is 6.59. The number of fused-ring (bicyclic) bond motifs is 1. The monoisotopic (exact) mass is 599 g/mol. The normalized spacial score (nSPS) is 19.7. The van der Waals surface area contributed by atoms with Gasteiger partial charge in [-0.3, -0.25) is 9.05 Å². The van der Waals surface area contributed by atoms with Crippen LogP contribution in [0, 0.1) is 5.92 Å². The lowest BCUT2D eigenvalue weighted by atomic mass is 9.91. The third-order valence-electron chi connectivity index (χ3n) is 8.31. The summed E-state index contributed by atoms with van der Waals surface area (Å²) < 4.78 is 32.6. The van der Waals surface area contributed by atoms with E-state index in [-0.39, 0.29) is 12.4 Å². The van der Waals surface area contributed by atoms with Gasteiger partial charge in [0.15, 0.2) is 11.5 Å². The minimum Gasteiger partial charge on any atom is -0.388 e. The van der Waals surface area contributed by atoms with Gasteiger partial charge < -0.3 is 25.0 Å². The molecule has 0 aliphatic heterocycles. The van der Waals surface area contributed by atoms with Gasteiger partial charge in [0, 0.05) is 5.92 Å². The van der Waals surface area contributed by atoms with E-state index in [1.54, 1.807) is 10.9 Å². The number of ether oxygens (including phenoxy) is 1. The molecular weight excluding hydrogens is 545 g/mol. The average Bonchev–Trinajstić information content (AvgIpc) is 3.37. The SMILES string of the molecule is CCCCCCC(C)(CC)OC(C(C)COP(=O)(O)OC(C)(CC)CCC)C(O)C(C)n1cnc2c(N)ncnc21. The fourth-order valence-corrected chi connectivity index (χ4v) is 6.38. The number of imidazole rings is 1. The Morgan fingerprint density at radius 1 is 1.00 bits per heavy atom. The third-order valence-corrected chi connectivity index (χ3v) is 9.46. The van der Waals surface area contributed by atoms with Gasteiger partial charge in [0.25, 0.3) is 0 Å². The van der Waals surface area contributed by atoms with Gasteiger partial charge in [-0.2, -0.15) is 0 Å². The van der Waals surface area contributed by atoms with E-state index < -0.39 is 43.2 Å². The zero-order chi connectivity index (χ0) is 30.8. The quantitative estimate of drug-likeness (QED) is 0.112. The average molecular weight is 600 g/mol. The molecule has 2 heterocycles. The van der Waals surface area contributed by atoms with E-state index in [1.807, 2.05) is 34.6 Å². The number of aromatic nitrogens is 4. The van der Waals surface area contributed by atoms with Gasteiger partial charge >= 0.3 is 7.82 Å². The lowest BCUT2D eigenvalue weighted by Crippen LogP contribution is -2.46. The molecule has 12 heteroatoms. The van der Waals surface area contributed by atoms with Crippen LogP contribution in [0.1, 0.15) is 119 Å². The van der Waals surface area contributed by atoms with Crippen LogP contribution in [0.5, 0.6) is 0 Å². The molecule has 0 fully saturated rings. The lowest BCUT2D eigenvalue weighted by molar-refractivity contribution is -0.164. The Labute approximate surface area is 246 Å². The third kappa shape index (κ3) is 9.97. The van der Waals surface area contributed by atoms with Gasteiger partial charge in [0.2, 0.25) is 0 Å². The molecule has 236 valence electrons. The number of unbranched alkanes of at least 4 members (excludes halogenated alkanes) is 3. The fourth-order valence-electron chi connectivity index (χ4n) is 5.13. The topological polar surface area (TPSA) is 155 Å². The van der Waals surface area contributed by atoms with Crippen LogP contribution in [0.15, 0.2) is 12.7 Å². The van der Waals surface area contributed by atoms with Crippen molar-refractivity contribution in [3.05, 3.63) is 12.7 Å². The van der Waals surface area contributed by atoms with Gasteiger partial charge in [0.05, 0.1) is 36.3 Å². The number of aliphatic hydroxyl groups is 1. The number of hydrogen-bond donors (Lipinski definition) is 3. The van der Waals surface area contributed by atoms with Crippen molar-refractivity contribution < 1.29 is 28.3 Å². The zero-order valence-corrected chi connectivity index (χ0v) is 27.3. The Balaban J connectivity index is 2.32. The van der Waals surface area contributed by atoms with E-state index in [0.717, 1.165) is 44.9 Å². The molecule has 2 aromatic rings. The predicted molar refractivity (Wildman–Crippen MR) is 162 cm³/mol. The zero-order valence-electron chi connectivity index (χ0n) is 26.4. The minimum atomic E-state index is -4.36. The lowest BCUT2D eigenvalue weighted by Gasteiger charge is -2.40. The molecule has 4 N–H and O–H groups in total. The van der Waals surface area contributed by atoms with Crippen LogP contribution < -0.4 is 5.73 Å². The Kier molecular flexibility index (Phi) is 13.7. The van der Waals surface area contributed by atoms with E-state index >= 15 is 0 Å². The Bertz CT molecular complexity index is 1120. The minimum absolute atomic E-state index is 0.135. The molecule has 11 nitrogen and oxygen atoms in total. The number of phosphoric acid groups is 1. The van der Waals surface area contributed by atoms with Gasteiger partial charge in [-0.25, -0.2) is 19.5 Å². The number of hydrogen-bond acceptors (Lipinski definition) is 9. The first-order valence-electron chi connectivity index (χ1n) is 15.2. The van der Waals surface area contributed by atoms with Crippen molar-refractivity contribution in [1.82, 2.24) is 19.5 Å². The van der Waals surface area contributed by atoms with Gasteiger partial charge in [-0.1, -0.05) is 66.7 Å². The Hall–Kier alpha value is -1.62. The van der Waals surface area contributed by atoms with Gasteiger partial charge in [0.1, 0.15) is 17.9 Å². The first kappa shape index (κ1) is 35.6. The maximum atomic E-state index is 13.0. The summed E-state index contributed by atoms with van der Waals surface area (Å²) in [4.78, 5) is 23.3. The molecule has 0 bridgehead atoms. The van der Waals surface area contributed by atoms with E-state index in [9.17, 15) is 14.6 Å². The van der Waals surface area contributed by atoms with Crippen LogP contribution >= 0.6 is 7.82 Å². The van der Waals surface area contributed by atoms with Gasteiger partial charge in [-0.15, -0.1) is 0 Å². The molecule has 0 radical (unpaired) electrons. The van der Waals surface area contributed by atoms with Crippen molar-refractivity contribution in [3.8, 4) is 0 Å². The van der Waals surface area contributed by atoms with Crippen molar-refractivity contribution in [2.45, 2.75) is 143 Å². The molecular formula is C29H54N5O6P. The van der Waals surface area contributed by atoms with Crippen molar-refractivity contribution in [2.24, 2.45) is 5.92 Å². The van der Waals surface area contributed by atoms with Crippen molar-refractivity contribution in [3.63, 3.8) is 0 Å². The summed E-state index contributed by atoms with van der Waals surface area (Å²) in [5, 5.41) is 11.8. The Morgan fingerprint density at radius 2 is 1.68 bits per heavy atom. The second-order valence-electron chi connectivity index (χ2n) is 11.9. The highest BCUT2D eigenvalue weighted by Crippen LogP contribution is 2.50. The molecule has 0 saturated heterocycles. The summed E-state index contributed by atoms with van der Waals surface area (Å²) in [5.74, 6) is -0.192. The van der Waals surface area contributed by atoms with Crippen LogP contribution in [-0.4, -0.2) is 59.5 Å². The Morgan fingerprint density at radius 3 is 2.29 bits per heavy atom. The molecule has 7 atom stereocenters. The number of nitrogen functional groups attached to an aromatic ring is 1. The summed E-state index contributed by atoms with van der Waals surface area (Å²) in [7, 11) is -4.36. The van der Waals surface area contributed by atoms with Crippen molar-refractivity contribution in [1.29, 1.82) is 0 Å². The number of aliphatic hydroxyl groups excluding tert-OH is 1. The largest absolute Gasteiger partial charge is 0.472 e. The number of nitrogens with zero attached hydrogens (tertiary/aromatic N) is 4. The second-order valence-corrected chi connectivity index (χ2v) is 13.3. The maximum absolute atomic E-state index is 13.0. The molecule has 0 aliphatic rings. The van der Waals surface area contributed by atoms with Crippen LogP contribution in [-0.2, 0) is 18.3 Å². The highest BCUT2D eigenvalue weighted by molar-refractivity contribution is 7.47. The summed E-state index contributed by atoms with van der Waals surface area (Å²) >= 11 is 0.